The van der Waals surface area contributed by atoms with E-state index in [2.05, 4.69) is 29.1 Å². The van der Waals surface area contributed by atoms with Gasteiger partial charge in [-0.2, -0.15) is 0 Å². The molecule has 15 heavy (non-hydrogen) atoms. The number of anilines is 1. The summed E-state index contributed by atoms with van der Waals surface area (Å²) in [6.07, 6.45) is 3.72. The van der Waals surface area contributed by atoms with E-state index < -0.39 is 0 Å². The van der Waals surface area contributed by atoms with Crippen molar-refractivity contribution in [3.05, 3.63) is 18.1 Å². The van der Waals surface area contributed by atoms with Gasteiger partial charge in [0.25, 0.3) is 0 Å². The lowest BCUT2D eigenvalue weighted by Gasteiger charge is -2.10. The van der Waals surface area contributed by atoms with Crippen molar-refractivity contribution in [1.29, 1.82) is 0 Å². The number of halogens is 1. The minimum atomic E-state index is 0.455. The molecule has 3 nitrogen and oxygen atoms in total. The molecule has 0 aliphatic heterocycles. The fraction of sp³-hybridized carbons (Fsp3) is 0.636. The lowest BCUT2D eigenvalue weighted by atomic mass is 10.2. The first-order valence-electron chi connectivity index (χ1n) is 5.37. The average Bonchev–Trinajstić information content (AvgIpc) is 2.27. The van der Waals surface area contributed by atoms with Gasteiger partial charge in [-0.05, 0) is 12.3 Å². The number of alkyl halides is 1. The van der Waals surface area contributed by atoms with Crippen molar-refractivity contribution in [3.8, 4) is 0 Å². The Labute approximate surface area is 96.3 Å². The summed E-state index contributed by atoms with van der Waals surface area (Å²) < 4.78 is 0. The molecule has 1 N–H and O–H groups in total. The monoisotopic (exact) mass is 227 g/mol. The summed E-state index contributed by atoms with van der Waals surface area (Å²) in [5, 5.41) is 3.26. The molecular weight excluding hydrogens is 210 g/mol. The zero-order chi connectivity index (χ0) is 11.1. The predicted molar refractivity (Wildman–Crippen MR) is 64.4 cm³/mol. The molecule has 0 aliphatic carbocycles. The van der Waals surface area contributed by atoms with Crippen LogP contribution in [0.5, 0.6) is 0 Å². The summed E-state index contributed by atoms with van der Waals surface area (Å²) in [6, 6.07) is 2.00. The summed E-state index contributed by atoms with van der Waals surface area (Å²) in [5.41, 5.74) is 1.09. The molecule has 1 rings (SSSR count). The SMILES string of the molecule is CCCc1cc(NCC(C)CCl)ncn1. The van der Waals surface area contributed by atoms with Crippen LogP contribution in [-0.4, -0.2) is 22.4 Å². The molecule has 0 fully saturated rings. The Morgan fingerprint density at radius 2 is 2.27 bits per heavy atom. The molecule has 1 aromatic heterocycles. The third-order valence-electron chi connectivity index (χ3n) is 2.12. The summed E-state index contributed by atoms with van der Waals surface area (Å²) in [4.78, 5) is 8.36. The van der Waals surface area contributed by atoms with Crippen LogP contribution in [0.1, 0.15) is 26.0 Å². The summed E-state index contributed by atoms with van der Waals surface area (Å²) in [5.74, 6) is 2.02. The topological polar surface area (TPSA) is 37.8 Å². The molecular formula is C11H18ClN3. The van der Waals surface area contributed by atoms with E-state index in [1.807, 2.05) is 6.07 Å². The van der Waals surface area contributed by atoms with Crippen molar-refractivity contribution in [2.45, 2.75) is 26.7 Å². The summed E-state index contributed by atoms with van der Waals surface area (Å²) in [7, 11) is 0. The van der Waals surface area contributed by atoms with Gasteiger partial charge in [-0.25, -0.2) is 9.97 Å². The maximum Gasteiger partial charge on any atom is 0.129 e. The van der Waals surface area contributed by atoms with E-state index in [9.17, 15) is 0 Å². The van der Waals surface area contributed by atoms with Gasteiger partial charge in [-0.1, -0.05) is 20.3 Å². The number of nitrogens with zero attached hydrogens (tertiary/aromatic N) is 2. The highest BCUT2D eigenvalue weighted by molar-refractivity contribution is 6.18. The molecule has 0 saturated carbocycles. The van der Waals surface area contributed by atoms with E-state index >= 15 is 0 Å². The van der Waals surface area contributed by atoms with Crippen LogP contribution in [0.15, 0.2) is 12.4 Å². The Kier molecular flexibility index (Phi) is 5.40. The maximum absolute atomic E-state index is 5.73. The second kappa shape index (κ2) is 6.62. The van der Waals surface area contributed by atoms with Gasteiger partial charge in [-0.15, -0.1) is 11.6 Å². The zero-order valence-corrected chi connectivity index (χ0v) is 10.1. The molecule has 1 unspecified atom stereocenters. The van der Waals surface area contributed by atoms with E-state index in [0.29, 0.717) is 11.8 Å². The van der Waals surface area contributed by atoms with Gasteiger partial charge in [0.15, 0.2) is 0 Å². The third kappa shape index (κ3) is 4.47. The first kappa shape index (κ1) is 12.2. The van der Waals surface area contributed by atoms with Crippen molar-refractivity contribution in [2.75, 3.05) is 17.7 Å². The van der Waals surface area contributed by atoms with Crippen molar-refractivity contribution >= 4 is 17.4 Å². The number of nitrogens with one attached hydrogen (secondary N) is 1. The highest BCUT2D eigenvalue weighted by Crippen LogP contribution is 2.07. The Bertz CT molecular complexity index is 291. The molecule has 0 radical (unpaired) electrons. The van der Waals surface area contributed by atoms with Crippen molar-refractivity contribution in [2.24, 2.45) is 5.92 Å². The van der Waals surface area contributed by atoms with Gasteiger partial charge in [-0.3, -0.25) is 0 Å². The molecule has 0 aromatic carbocycles. The standard InChI is InChI=1S/C11H18ClN3/c1-3-4-10-5-11(15-8-14-10)13-7-9(2)6-12/h5,8-9H,3-4,6-7H2,1-2H3,(H,13,14,15). The van der Waals surface area contributed by atoms with Gasteiger partial charge in [0.05, 0.1) is 0 Å². The molecule has 0 bridgehead atoms. The fourth-order valence-corrected chi connectivity index (χ4v) is 1.33. The van der Waals surface area contributed by atoms with Gasteiger partial charge >= 0.3 is 0 Å². The van der Waals surface area contributed by atoms with E-state index in [-0.39, 0.29) is 0 Å². The van der Waals surface area contributed by atoms with Gasteiger partial charge in [0.1, 0.15) is 12.1 Å². The molecule has 0 amide bonds. The highest BCUT2D eigenvalue weighted by Gasteiger charge is 2.01. The van der Waals surface area contributed by atoms with Crippen molar-refractivity contribution in [1.82, 2.24) is 9.97 Å². The summed E-state index contributed by atoms with van der Waals surface area (Å²) >= 11 is 5.73. The first-order chi connectivity index (χ1) is 7.26. The van der Waals surface area contributed by atoms with Crippen LogP contribution in [-0.2, 0) is 6.42 Å². The van der Waals surface area contributed by atoms with Crippen LogP contribution in [0.3, 0.4) is 0 Å². The Morgan fingerprint density at radius 3 is 2.93 bits per heavy atom. The van der Waals surface area contributed by atoms with Gasteiger partial charge in [0, 0.05) is 24.2 Å². The smallest absolute Gasteiger partial charge is 0.129 e. The lowest BCUT2D eigenvalue weighted by Crippen LogP contribution is -2.13. The largest absolute Gasteiger partial charge is 0.370 e. The van der Waals surface area contributed by atoms with Crippen LogP contribution in [0.25, 0.3) is 0 Å². The minimum Gasteiger partial charge on any atom is -0.370 e. The molecule has 4 heteroatoms. The molecule has 1 aromatic rings. The van der Waals surface area contributed by atoms with Crippen LogP contribution >= 0.6 is 11.6 Å². The number of aryl methyl sites for hydroxylation is 1. The number of aromatic nitrogens is 2. The Morgan fingerprint density at radius 1 is 1.47 bits per heavy atom. The molecule has 0 saturated heterocycles. The van der Waals surface area contributed by atoms with Gasteiger partial charge < -0.3 is 5.32 Å². The number of rotatable bonds is 6. The van der Waals surface area contributed by atoms with E-state index in [4.69, 9.17) is 11.6 Å². The second-order valence-corrected chi connectivity index (χ2v) is 4.09. The van der Waals surface area contributed by atoms with E-state index in [0.717, 1.165) is 30.9 Å². The van der Waals surface area contributed by atoms with Crippen LogP contribution < -0.4 is 5.32 Å². The number of hydrogen-bond acceptors (Lipinski definition) is 3. The van der Waals surface area contributed by atoms with Gasteiger partial charge in [0.2, 0.25) is 0 Å². The lowest BCUT2D eigenvalue weighted by molar-refractivity contribution is 0.694. The molecule has 1 heterocycles. The van der Waals surface area contributed by atoms with Crippen LogP contribution in [0, 0.1) is 5.92 Å². The summed E-state index contributed by atoms with van der Waals surface area (Å²) in [6.45, 7) is 5.10. The van der Waals surface area contributed by atoms with E-state index in [1.54, 1.807) is 6.33 Å². The Balaban J connectivity index is 2.50. The van der Waals surface area contributed by atoms with Crippen LogP contribution in [0.2, 0.25) is 0 Å². The quantitative estimate of drug-likeness (QED) is 0.760. The predicted octanol–water partition coefficient (Wildman–Crippen LogP) is 2.72. The highest BCUT2D eigenvalue weighted by atomic mass is 35.5. The molecule has 0 aliphatic rings. The first-order valence-corrected chi connectivity index (χ1v) is 5.90. The molecule has 84 valence electrons. The Hall–Kier alpha value is -0.830. The van der Waals surface area contributed by atoms with Crippen molar-refractivity contribution in [3.63, 3.8) is 0 Å². The third-order valence-corrected chi connectivity index (χ3v) is 2.65. The maximum atomic E-state index is 5.73. The second-order valence-electron chi connectivity index (χ2n) is 3.78. The molecule has 1 atom stereocenters. The normalized spacial score (nSPS) is 12.5. The van der Waals surface area contributed by atoms with E-state index in [1.165, 1.54) is 0 Å². The zero-order valence-electron chi connectivity index (χ0n) is 9.33. The molecule has 0 spiro atoms. The fourth-order valence-electron chi connectivity index (χ4n) is 1.22. The van der Waals surface area contributed by atoms with Crippen LogP contribution in [0.4, 0.5) is 5.82 Å². The average molecular weight is 228 g/mol. The number of hydrogen-bond donors (Lipinski definition) is 1. The minimum absolute atomic E-state index is 0.455. The van der Waals surface area contributed by atoms with Crippen molar-refractivity contribution < 1.29 is 0 Å².